The van der Waals surface area contributed by atoms with E-state index in [1.165, 1.54) is 0 Å². The molecule has 2 aromatic rings. The van der Waals surface area contributed by atoms with Gasteiger partial charge in [-0.05, 0) is 0 Å². The molecule has 1 heterocycles. The molecule has 0 aliphatic heterocycles. The van der Waals surface area contributed by atoms with E-state index in [1.54, 1.807) is 0 Å². The second-order valence-electron chi connectivity index (χ2n) is 5.39. The van der Waals surface area contributed by atoms with Crippen LogP contribution in [0.1, 0.15) is 17.2 Å². The minimum absolute atomic E-state index is 0.178. The van der Waals surface area contributed by atoms with Gasteiger partial charge in [0.2, 0.25) is 0 Å². The molecule has 1 aromatic carbocycles. The van der Waals surface area contributed by atoms with Gasteiger partial charge in [-0.15, -0.1) is 0 Å². The maximum absolute atomic E-state index is 13.8. The van der Waals surface area contributed by atoms with Gasteiger partial charge in [0.1, 0.15) is 27.7 Å². The quantitative estimate of drug-likeness (QED) is 0.826. The van der Waals surface area contributed by atoms with Gasteiger partial charge in [0.05, 0.1) is 0 Å². The Hall–Kier alpha value is -1.65. The molecule has 0 spiro atoms. The van der Waals surface area contributed by atoms with Crippen molar-refractivity contribution >= 4 is 21.2 Å². The van der Waals surface area contributed by atoms with Crippen LogP contribution in [0.5, 0.6) is 10.8 Å². The van der Waals surface area contributed by atoms with Crippen LogP contribution < -0.4 is 4.74 Å². The molecule has 1 aliphatic carbocycles. The van der Waals surface area contributed by atoms with Crippen LogP contribution in [0.2, 0.25) is 0 Å². The molecular formula is C14H10F4O4S2. The molecule has 1 aliphatic rings. The summed E-state index contributed by atoms with van der Waals surface area (Å²) in [5.74, 6) is -5.73. The molecule has 1 N–H and O–H groups in total. The number of hydrogen-bond acceptors (Lipinski definition) is 5. The van der Waals surface area contributed by atoms with Crippen molar-refractivity contribution in [3.8, 4) is 10.8 Å². The summed E-state index contributed by atoms with van der Waals surface area (Å²) in [6, 6.07) is 2.27. The van der Waals surface area contributed by atoms with E-state index in [4.69, 9.17) is 4.74 Å². The first-order valence-corrected chi connectivity index (χ1v) is 9.25. The third-order valence-corrected chi connectivity index (χ3v) is 6.42. The summed E-state index contributed by atoms with van der Waals surface area (Å²) in [4.78, 5) is 0. The van der Waals surface area contributed by atoms with E-state index >= 15 is 0 Å². The van der Waals surface area contributed by atoms with E-state index in [0.717, 1.165) is 18.4 Å². The molecule has 3 rings (SSSR count). The molecule has 1 atom stereocenters. The number of thiophene rings is 1. The van der Waals surface area contributed by atoms with Gasteiger partial charge in [-0.3, -0.25) is 0 Å². The molecule has 4 nitrogen and oxygen atoms in total. The van der Waals surface area contributed by atoms with Crippen molar-refractivity contribution in [1.82, 2.24) is 0 Å². The highest BCUT2D eigenvalue weighted by Gasteiger charge is 2.52. The lowest BCUT2D eigenvalue weighted by Crippen LogP contribution is -2.22. The Balaban J connectivity index is 2.12. The summed E-state index contributed by atoms with van der Waals surface area (Å²) < 4.78 is 82.3. The maximum atomic E-state index is 13.8. The first kappa shape index (κ1) is 17.2. The van der Waals surface area contributed by atoms with Crippen molar-refractivity contribution in [2.75, 3.05) is 6.26 Å². The standard InChI is InChI=1S/C14H10F4O4S2/c1-24(20,21)13-10-9(5-14(17,18)11(10)19)12(23-13)22-8-3-6(15)2-7(16)4-8/h2-4,11,19H,5H2,1H3. The summed E-state index contributed by atoms with van der Waals surface area (Å²) in [5, 5.41) is 9.49. The second-order valence-corrected chi connectivity index (χ2v) is 8.58. The molecule has 1 aromatic heterocycles. The Kier molecular flexibility index (Phi) is 3.89. The molecule has 0 amide bonds. The first-order valence-electron chi connectivity index (χ1n) is 6.54. The Labute approximate surface area is 138 Å². The van der Waals surface area contributed by atoms with Crippen LogP contribution in [-0.2, 0) is 16.3 Å². The van der Waals surface area contributed by atoms with Crippen molar-refractivity contribution in [2.45, 2.75) is 22.7 Å². The number of rotatable bonds is 3. The molecular weight excluding hydrogens is 372 g/mol. The lowest BCUT2D eigenvalue weighted by Gasteiger charge is -2.14. The lowest BCUT2D eigenvalue weighted by molar-refractivity contribution is -0.0976. The Morgan fingerprint density at radius 2 is 1.83 bits per heavy atom. The van der Waals surface area contributed by atoms with Gasteiger partial charge in [0, 0.05) is 42.0 Å². The number of aliphatic hydroxyl groups is 1. The number of halogens is 4. The fraction of sp³-hybridized carbons (Fsp3) is 0.286. The SMILES string of the molecule is CS(=O)(=O)c1sc(Oc2cc(F)cc(F)c2)c2c1C(O)C(F)(F)C2. The molecule has 0 bridgehead atoms. The molecule has 130 valence electrons. The number of benzene rings is 1. The zero-order valence-electron chi connectivity index (χ0n) is 12.0. The number of aliphatic hydroxyl groups excluding tert-OH is 1. The van der Waals surface area contributed by atoms with Crippen molar-refractivity contribution < 1.29 is 35.8 Å². The summed E-state index contributed by atoms with van der Waals surface area (Å²) in [7, 11) is -3.90. The highest BCUT2D eigenvalue weighted by molar-refractivity contribution is 7.92. The van der Waals surface area contributed by atoms with E-state index in [2.05, 4.69) is 0 Å². The third kappa shape index (κ3) is 2.89. The van der Waals surface area contributed by atoms with Crippen molar-refractivity contribution in [1.29, 1.82) is 0 Å². The van der Waals surface area contributed by atoms with E-state index in [-0.39, 0.29) is 16.4 Å². The second kappa shape index (κ2) is 5.43. The Bertz CT molecular complexity index is 901. The van der Waals surface area contributed by atoms with Gasteiger partial charge in [-0.2, -0.15) is 0 Å². The molecule has 24 heavy (non-hydrogen) atoms. The van der Waals surface area contributed by atoms with Gasteiger partial charge < -0.3 is 9.84 Å². The van der Waals surface area contributed by atoms with E-state index in [0.29, 0.717) is 17.4 Å². The summed E-state index contributed by atoms with van der Waals surface area (Å²) in [5.41, 5.74) is -0.595. The van der Waals surface area contributed by atoms with Gasteiger partial charge in [-0.25, -0.2) is 26.0 Å². The van der Waals surface area contributed by atoms with Crippen LogP contribution in [0, 0.1) is 11.6 Å². The van der Waals surface area contributed by atoms with Gasteiger partial charge >= 0.3 is 0 Å². The van der Waals surface area contributed by atoms with E-state index < -0.39 is 49.7 Å². The molecule has 0 radical (unpaired) electrons. The van der Waals surface area contributed by atoms with E-state index in [9.17, 15) is 31.1 Å². The monoisotopic (exact) mass is 382 g/mol. The smallest absolute Gasteiger partial charge is 0.281 e. The number of alkyl halides is 2. The number of sulfone groups is 1. The Morgan fingerprint density at radius 1 is 1.25 bits per heavy atom. The average Bonchev–Trinajstić information content (AvgIpc) is 2.85. The molecule has 10 heteroatoms. The summed E-state index contributed by atoms with van der Waals surface area (Å²) in [6.07, 6.45) is -2.40. The van der Waals surface area contributed by atoms with Crippen LogP contribution in [0.4, 0.5) is 17.6 Å². The molecule has 0 fully saturated rings. The Morgan fingerprint density at radius 3 is 2.38 bits per heavy atom. The minimum atomic E-state index is -3.90. The predicted molar refractivity (Wildman–Crippen MR) is 77.5 cm³/mol. The average molecular weight is 382 g/mol. The van der Waals surface area contributed by atoms with Crippen molar-refractivity contribution in [3.63, 3.8) is 0 Å². The topological polar surface area (TPSA) is 63.6 Å². The van der Waals surface area contributed by atoms with Gasteiger partial charge in [0.15, 0.2) is 14.9 Å². The van der Waals surface area contributed by atoms with E-state index in [1.807, 2.05) is 0 Å². The number of fused-ring (bicyclic) bond motifs is 1. The minimum Gasteiger partial charge on any atom is -0.446 e. The van der Waals surface area contributed by atoms with Crippen LogP contribution in [0.15, 0.2) is 22.4 Å². The van der Waals surface area contributed by atoms with Crippen LogP contribution in [0.25, 0.3) is 0 Å². The fourth-order valence-corrected chi connectivity index (χ4v) is 4.90. The van der Waals surface area contributed by atoms with Crippen molar-refractivity contribution in [2.24, 2.45) is 0 Å². The van der Waals surface area contributed by atoms with Crippen LogP contribution in [0.3, 0.4) is 0 Å². The first-order chi connectivity index (χ1) is 11.0. The predicted octanol–water partition coefficient (Wildman–Crippen LogP) is 3.45. The van der Waals surface area contributed by atoms with Gasteiger partial charge in [0.25, 0.3) is 5.92 Å². The number of hydrogen-bond donors (Lipinski definition) is 1. The maximum Gasteiger partial charge on any atom is 0.281 e. The molecule has 1 unspecified atom stereocenters. The highest BCUT2D eigenvalue weighted by atomic mass is 32.2. The fourth-order valence-electron chi connectivity index (χ4n) is 2.47. The normalized spacial score (nSPS) is 19.3. The molecule has 0 saturated heterocycles. The largest absolute Gasteiger partial charge is 0.446 e. The van der Waals surface area contributed by atoms with Crippen LogP contribution >= 0.6 is 11.3 Å². The summed E-state index contributed by atoms with van der Waals surface area (Å²) in [6.45, 7) is 0. The summed E-state index contributed by atoms with van der Waals surface area (Å²) >= 11 is 0.532. The van der Waals surface area contributed by atoms with Gasteiger partial charge in [-0.1, -0.05) is 11.3 Å². The zero-order chi connectivity index (χ0) is 17.9. The number of ether oxygens (including phenoxy) is 1. The zero-order valence-corrected chi connectivity index (χ0v) is 13.6. The third-order valence-electron chi connectivity index (χ3n) is 3.45. The molecule has 0 saturated carbocycles. The highest BCUT2D eigenvalue weighted by Crippen LogP contribution is 2.54. The van der Waals surface area contributed by atoms with Crippen LogP contribution in [-0.4, -0.2) is 25.7 Å². The lowest BCUT2D eigenvalue weighted by atomic mass is 10.2. The van der Waals surface area contributed by atoms with Crippen molar-refractivity contribution in [3.05, 3.63) is 41.0 Å².